The van der Waals surface area contributed by atoms with Crippen molar-refractivity contribution in [3.05, 3.63) is 52.8 Å². The number of hydrogen-bond acceptors (Lipinski definition) is 4. The quantitative estimate of drug-likeness (QED) is 0.802. The van der Waals surface area contributed by atoms with Crippen LogP contribution in [0.2, 0.25) is 0 Å². The summed E-state index contributed by atoms with van der Waals surface area (Å²) in [5.41, 5.74) is 2.71. The number of carbonyl (C=O) groups excluding carboxylic acids is 1. The number of pyridine rings is 1. The first-order chi connectivity index (χ1) is 9.55. The van der Waals surface area contributed by atoms with E-state index in [1.807, 2.05) is 13.8 Å². The SMILES string of the molecule is COc1ccc(OC)c(C(=O)c2cc(C)nc(C)c2)c1. The Morgan fingerprint density at radius 3 is 2.20 bits per heavy atom. The van der Waals surface area contributed by atoms with Crippen LogP contribution in [0.3, 0.4) is 0 Å². The number of ketones is 1. The van der Waals surface area contributed by atoms with Crippen molar-refractivity contribution in [2.75, 3.05) is 14.2 Å². The molecule has 0 radical (unpaired) electrons. The Kier molecular flexibility index (Phi) is 4.03. The highest BCUT2D eigenvalue weighted by atomic mass is 16.5. The Balaban J connectivity index is 2.51. The van der Waals surface area contributed by atoms with Gasteiger partial charge >= 0.3 is 0 Å². The maximum atomic E-state index is 12.6. The van der Waals surface area contributed by atoms with Crippen LogP contribution in [0, 0.1) is 13.8 Å². The zero-order valence-corrected chi connectivity index (χ0v) is 12.1. The van der Waals surface area contributed by atoms with Crippen LogP contribution in [0.4, 0.5) is 0 Å². The number of aromatic nitrogens is 1. The number of nitrogens with zero attached hydrogens (tertiary/aromatic N) is 1. The molecule has 0 aliphatic heterocycles. The van der Waals surface area contributed by atoms with E-state index in [1.165, 1.54) is 0 Å². The summed E-state index contributed by atoms with van der Waals surface area (Å²) in [6.07, 6.45) is 0. The summed E-state index contributed by atoms with van der Waals surface area (Å²) in [6, 6.07) is 8.72. The summed E-state index contributed by atoms with van der Waals surface area (Å²) < 4.78 is 10.4. The second-order valence-corrected chi connectivity index (χ2v) is 4.53. The summed E-state index contributed by atoms with van der Waals surface area (Å²) >= 11 is 0. The molecule has 0 spiro atoms. The lowest BCUT2D eigenvalue weighted by atomic mass is 10.0. The highest BCUT2D eigenvalue weighted by Gasteiger charge is 2.16. The van der Waals surface area contributed by atoms with Crippen molar-refractivity contribution >= 4 is 5.78 Å². The minimum atomic E-state index is -0.102. The lowest BCUT2D eigenvalue weighted by molar-refractivity contribution is 0.103. The average Bonchev–Trinajstić information content (AvgIpc) is 2.44. The van der Waals surface area contributed by atoms with Gasteiger partial charge in [-0.1, -0.05) is 0 Å². The molecule has 0 atom stereocenters. The van der Waals surface area contributed by atoms with Gasteiger partial charge in [0.25, 0.3) is 0 Å². The number of aryl methyl sites for hydroxylation is 2. The molecular weight excluding hydrogens is 254 g/mol. The predicted octanol–water partition coefficient (Wildman–Crippen LogP) is 2.95. The largest absolute Gasteiger partial charge is 0.497 e. The third-order valence-corrected chi connectivity index (χ3v) is 2.99. The van der Waals surface area contributed by atoms with E-state index in [1.54, 1.807) is 44.6 Å². The van der Waals surface area contributed by atoms with Crippen LogP contribution in [-0.4, -0.2) is 25.0 Å². The fourth-order valence-electron chi connectivity index (χ4n) is 2.11. The van der Waals surface area contributed by atoms with Crippen LogP contribution >= 0.6 is 0 Å². The monoisotopic (exact) mass is 271 g/mol. The molecule has 1 aromatic heterocycles. The number of benzene rings is 1. The average molecular weight is 271 g/mol. The number of carbonyl (C=O) groups is 1. The maximum Gasteiger partial charge on any atom is 0.197 e. The van der Waals surface area contributed by atoms with Gasteiger partial charge in [-0.2, -0.15) is 0 Å². The standard InChI is InChI=1S/C16H17NO3/c1-10-7-12(8-11(2)17-10)16(18)14-9-13(19-3)5-6-15(14)20-4/h5-9H,1-4H3. The summed E-state index contributed by atoms with van der Waals surface area (Å²) in [5.74, 6) is 1.05. The molecule has 2 rings (SSSR count). The Labute approximate surface area is 118 Å². The fraction of sp³-hybridized carbons (Fsp3) is 0.250. The van der Waals surface area contributed by atoms with E-state index in [4.69, 9.17) is 9.47 Å². The smallest absolute Gasteiger partial charge is 0.197 e. The first-order valence-electron chi connectivity index (χ1n) is 6.27. The Hall–Kier alpha value is -2.36. The van der Waals surface area contributed by atoms with Gasteiger partial charge < -0.3 is 9.47 Å². The molecule has 0 saturated carbocycles. The van der Waals surface area contributed by atoms with Gasteiger partial charge in [-0.05, 0) is 44.2 Å². The molecule has 104 valence electrons. The number of rotatable bonds is 4. The lowest BCUT2D eigenvalue weighted by Gasteiger charge is -2.10. The van der Waals surface area contributed by atoms with Gasteiger partial charge in [-0.25, -0.2) is 0 Å². The molecule has 0 fully saturated rings. The van der Waals surface area contributed by atoms with Crippen molar-refractivity contribution in [2.24, 2.45) is 0 Å². The van der Waals surface area contributed by atoms with E-state index in [2.05, 4.69) is 4.98 Å². The molecule has 0 N–H and O–H groups in total. The highest BCUT2D eigenvalue weighted by molar-refractivity contribution is 6.11. The Morgan fingerprint density at radius 2 is 1.65 bits per heavy atom. The normalized spacial score (nSPS) is 10.2. The van der Waals surface area contributed by atoms with Crippen LogP contribution in [-0.2, 0) is 0 Å². The highest BCUT2D eigenvalue weighted by Crippen LogP contribution is 2.26. The Bertz CT molecular complexity index is 630. The minimum absolute atomic E-state index is 0.102. The molecule has 20 heavy (non-hydrogen) atoms. The van der Waals surface area contributed by atoms with Gasteiger partial charge in [-0.3, -0.25) is 9.78 Å². The molecule has 0 amide bonds. The molecule has 4 nitrogen and oxygen atoms in total. The third-order valence-electron chi connectivity index (χ3n) is 2.99. The van der Waals surface area contributed by atoms with E-state index in [0.717, 1.165) is 11.4 Å². The number of methoxy groups -OCH3 is 2. The zero-order valence-electron chi connectivity index (χ0n) is 12.1. The van der Waals surface area contributed by atoms with Crippen LogP contribution in [0.5, 0.6) is 11.5 Å². The van der Waals surface area contributed by atoms with Crippen molar-refractivity contribution in [3.63, 3.8) is 0 Å². The summed E-state index contributed by atoms with van der Waals surface area (Å²) in [6.45, 7) is 3.74. The van der Waals surface area contributed by atoms with Crippen molar-refractivity contribution in [2.45, 2.75) is 13.8 Å². The lowest BCUT2D eigenvalue weighted by Crippen LogP contribution is -2.06. The van der Waals surface area contributed by atoms with Crippen molar-refractivity contribution in [3.8, 4) is 11.5 Å². The number of hydrogen-bond donors (Lipinski definition) is 0. The first-order valence-corrected chi connectivity index (χ1v) is 6.27. The second kappa shape index (κ2) is 5.74. The van der Waals surface area contributed by atoms with Crippen molar-refractivity contribution in [1.29, 1.82) is 0 Å². The Morgan fingerprint density at radius 1 is 1.00 bits per heavy atom. The van der Waals surface area contributed by atoms with Gasteiger partial charge in [0.05, 0.1) is 19.8 Å². The van der Waals surface area contributed by atoms with E-state index < -0.39 is 0 Å². The molecule has 0 saturated heterocycles. The van der Waals surface area contributed by atoms with Gasteiger partial charge in [-0.15, -0.1) is 0 Å². The van der Waals surface area contributed by atoms with Gasteiger partial charge in [0.15, 0.2) is 5.78 Å². The van der Waals surface area contributed by atoms with Gasteiger partial charge in [0.2, 0.25) is 0 Å². The molecular formula is C16H17NO3. The van der Waals surface area contributed by atoms with E-state index in [-0.39, 0.29) is 5.78 Å². The topological polar surface area (TPSA) is 48.4 Å². The molecule has 4 heteroatoms. The molecule has 1 heterocycles. The first kappa shape index (κ1) is 14.1. The van der Waals surface area contributed by atoms with E-state index in [9.17, 15) is 4.79 Å². The predicted molar refractivity (Wildman–Crippen MR) is 76.7 cm³/mol. The zero-order chi connectivity index (χ0) is 14.7. The van der Waals surface area contributed by atoms with Crippen LogP contribution < -0.4 is 9.47 Å². The van der Waals surface area contributed by atoms with Crippen LogP contribution in [0.15, 0.2) is 30.3 Å². The molecule has 1 aromatic carbocycles. The van der Waals surface area contributed by atoms with Crippen LogP contribution in [0.1, 0.15) is 27.3 Å². The number of ether oxygens (including phenoxy) is 2. The van der Waals surface area contributed by atoms with Crippen LogP contribution in [0.25, 0.3) is 0 Å². The minimum Gasteiger partial charge on any atom is -0.497 e. The molecule has 0 bridgehead atoms. The summed E-state index contributed by atoms with van der Waals surface area (Å²) in [4.78, 5) is 16.9. The third kappa shape index (κ3) is 2.79. The summed E-state index contributed by atoms with van der Waals surface area (Å²) in [7, 11) is 3.11. The second-order valence-electron chi connectivity index (χ2n) is 4.53. The molecule has 0 aliphatic rings. The van der Waals surface area contributed by atoms with E-state index in [0.29, 0.717) is 22.6 Å². The van der Waals surface area contributed by atoms with Crippen molar-refractivity contribution < 1.29 is 14.3 Å². The summed E-state index contributed by atoms with van der Waals surface area (Å²) in [5, 5.41) is 0. The molecule has 0 aliphatic carbocycles. The fourth-order valence-corrected chi connectivity index (χ4v) is 2.11. The molecule has 2 aromatic rings. The van der Waals surface area contributed by atoms with E-state index >= 15 is 0 Å². The maximum absolute atomic E-state index is 12.6. The van der Waals surface area contributed by atoms with Gasteiger partial charge in [0, 0.05) is 17.0 Å². The van der Waals surface area contributed by atoms with Crippen molar-refractivity contribution in [1.82, 2.24) is 4.98 Å². The molecule has 0 unspecified atom stereocenters. The van der Waals surface area contributed by atoms with Gasteiger partial charge in [0.1, 0.15) is 11.5 Å².